The molecular formula is C19H33NSi. The summed E-state index contributed by atoms with van der Waals surface area (Å²) in [6.45, 7) is 13.0. The lowest BCUT2D eigenvalue weighted by Gasteiger charge is -2.35. The molecule has 0 aliphatic heterocycles. The molecule has 2 atom stereocenters. The van der Waals surface area contributed by atoms with Crippen LogP contribution in [0, 0.1) is 11.8 Å². The van der Waals surface area contributed by atoms with Gasteiger partial charge >= 0.3 is 0 Å². The van der Waals surface area contributed by atoms with E-state index >= 15 is 0 Å². The monoisotopic (exact) mass is 303 g/mol. The predicted molar refractivity (Wildman–Crippen MR) is 96.8 cm³/mol. The third kappa shape index (κ3) is 4.69. The van der Waals surface area contributed by atoms with Crippen LogP contribution in [0.4, 0.5) is 0 Å². The Hall–Kier alpha value is -0.603. The molecule has 1 N–H and O–H groups in total. The molecule has 1 nitrogen and oxygen atoms in total. The molecular weight excluding hydrogens is 270 g/mol. The SMILES string of the molecule is CC(C)C1CCCCC1NCc1ccc([Si](C)(C)C)cc1. The molecule has 118 valence electrons. The first-order valence-electron chi connectivity index (χ1n) is 8.71. The lowest BCUT2D eigenvalue weighted by atomic mass is 9.78. The summed E-state index contributed by atoms with van der Waals surface area (Å²) >= 11 is 0. The van der Waals surface area contributed by atoms with Gasteiger partial charge in [-0.05, 0) is 30.2 Å². The first-order chi connectivity index (χ1) is 9.88. The van der Waals surface area contributed by atoms with Crippen LogP contribution < -0.4 is 10.5 Å². The fourth-order valence-electron chi connectivity index (χ4n) is 3.58. The maximum absolute atomic E-state index is 3.84. The minimum absolute atomic E-state index is 0.718. The predicted octanol–water partition coefficient (Wildman–Crippen LogP) is 4.54. The molecule has 21 heavy (non-hydrogen) atoms. The van der Waals surface area contributed by atoms with Gasteiger partial charge in [-0.2, -0.15) is 0 Å². The Morgan fingerprint density at radius 3 is 2.24 bits per heavy atom. The van der Waals surface area contributed by atoms with Crippen molar-refractivity contribution in [3.63, 3.8) is 0 Å². The van der Waals surface area contributed by atoms with E-state index in [0.717, 1.165) is 24.4 Å². The Balaban J connectivity index is 1.93. The molecule has 0 aromatic heterocycles. The second kappa shape index (κ2) is 7.10. The van der Waals surface area contributed by atoms with Crippen molar-refractivity contribution in [2.24, 2.45) is 11.8 Å². The van der Waals surface area contributed by atoms with Gasteiger partial charge in [0.15, 0.2) is 0 Å². The normalized spacial score (nSPS) is 23.5. The number of hydrogen-bond donors (Lipinski definition) is 1. The van der Waals surface area contributed by atoms with Crippen LogP contribution in [0.2, 0.25) is 19.6 Å². The Morgan fingerprint density at radius 2 is 1.67 bits per heavy atom. The van der Waals surface area contributed by atoms with Crippen molar-refractivity contribution in [1.29, 1.82) is 0 Å². The molecule has 0 saturated heterocycles. The van der Waals surface area contributed by atoms with Gasteiger partial charge in [0, 0.05) is 12.6 Å². The van der Waals surface area contributed by atoms with E-state index in [2.05, 4.69) is 63.1 Å². The molecule has 1 aromatic rings. The quantitative estimate of drug-likeness (QED) is 0.788. The summed E-state index contributed by atoms with van der Waals surface area (Å²) in [4.78, 5) is 0. The maximum Gasteiger partial charge on any atom is 0.0775 e. The van der Waals surface area contributed by atoms with Crippen LogP contribution in [-0.2, 0) is 6.54 Å². The van der Waals surface area contributed by atoms with Gasteiger partial charge in [0.1, 0.15) is 0 Å². The molecule has 2 rings (SSSR count). The Bertz CT molecular complexity index is 430. The molecule has 0 heterocycles. The average molecular weight is 304 g/mol. The summed E-state index contributed by atoms with van der Waals surface area (Å²) in [7, 11) is -1.16. The first-order valence-corrected chi connectivity index (χ1v) is 12.2. The molecule has 0 amide bonds. The zero-order valence-electron chi connectivity index (χ0n) is 14.6. The maximum atomic E-state index is 3.84. The van der Waals surface area contributed by atoms with Crippen LogP contribution in [0.15, 0.2) is 24.3 Å². The largest absolute Gasteiger partial charge is 0.310 e. The summed E-state index contributed by atoms with van der Waals surface area (Å²) < 4.78 is 0. The van der Waals surface area contributed by atoms with Crippen LogP contribution in [0.3, 0.4) is 0 Å². The second-order valence-corrected chi connectivity index (χ2v) is 13.2. The van der Waals surface area contributed by atoms with Crippen molar-refractivity contribution >= 4 is 13.3 Å². The van der Waals surface area contributed by atoms with E-state index in [0.29, 0.717) is 0 Å². The Labute approximate surface area is 132 Å². The van der Waals surface area contributed by atoms with E-state index in [1.807, 2.05) is 0 Å². The summed E-state index contributed by atoms with van der Waals surface area (Å²) in [5, 5.41) is 5.40. The average Bonchev–Trinajstić information content (AvgIpc) is 2.45. The molecule has 2 unspecified atom stereocenters. The fourth-order valence-corrected chi connectivity index (χ4v) is 4.75. The van der Waals surface area contributed by atoms with Gasteiger partial charge in [-0.25, -0.2) is 0 Å². The molecule has 0 radical (unpaired) electrons. The number of nitrogens with one attached hydrogen (secondary N) is 1. The van der Waals surface area contributed by atoms with Gasteiger partial charge in [-0.15, -0.1) is 0 Å². The third-order valence-electron chi connectivity index (χ3n) is 5.06. The second-order valence-electron chi connectivity index (χ2n) is 8.13. The minimum Gasteiger partial charge on any atom is -0.310 e. The standard InChI is InChI=1S/C19H33NSi/c1-15(2)18-8-6-7-9-19(18)20-14-16-10-12-17(13-11-16)21(3,4)5/h10-13,15,18-20H,6-9,14H2,1-5H3. The highest BCUT2D eigenvalue weighted by molar-refractivity contribution is 6.88. The van der Waals surface area contributed by atoms with E-state index < -0.39 is 8.07 Å². The van der Waals surface area contributed by atoms with Crippen molar-refractivity contribution in [1.82, 2.24) is 5.32 Å². The fraction of sp³-hybridized carbons (Fsp3) is 0.684. The van der Waals surface area contributed by atoms with Gasteiger partial charge in [-0.1, -0.05) is 75.8 Å². The Kier molecular flexibility index (Phi) is 5.67. The number of hydrogen-bond acceptors (Lipinski definition) is 1. The van der Waals surface area contributed by atoms with Crippen molar-refractivity contribution in [3.8, 4) is 0 Å². The number of rotatable bonds is 5. The molecule has 1 aromatic carbocycles. The van der Waals surface area contributed by atoms with E-state index in [4.69, 9.17) is 0 Å². The highest BCUT2D eigenvalue weighted by atomic mass is 28.3. The molecule has 2 heteroatoms. The van der Waals surface area contributed by atoms with E-state index in [-0.39, 0.29) is 0 Å². The van der Waals surface area contributed by atoms with Crippen LogP contribution in [0.5, 0.6) is 0 Å². The van der Waals surface area contributed by atoms with Crippen LogP contribution in [0.1, 0.15) is 45.1 Å². The van der Waals surface area contributed by atoms with Crippen molar-refractivity contribution in [2.45, 2.75) is 71.8 Å². The zero-order valence-corrected chi connectivity index (χ0v) is 15.6. The molecule has 0 bridgehead atoms. The van der Waals surface area contributed by atoms with Gasteiger partial charge in [0.2, 0.25) is 0 Å². The lowest BCUT2D eigenvalue weighted by molar-refractivity contribution is 0.204. The summed E-state index contributed by atoms with van der Waals surface area (Å²) in [6, 6.07) is 10.1. The summed E-state index contributed by atoms with van der Waals surface area (Å²) in [5.74, 6) is 1.66. The molecule has 1 fully saturated rings. The molecule has 1 saturated carbocycles. The highest BCUT2D eigenvalue weighted by Gasteiger charge is 2.26. The highest BCUT2D eigenvalue weighted by Crippen LogP contribution is 2.30. The third-order valence-corrected chi connectivity index (χ3v) is 7.13. The molecule has 1 aliphatic rings. The number of benzene rings is 1. The van der Waals surface area contributed by atoms with Crippen molar-refractivity contribution in [3.05, 3.63) is 29.8 Å². The zero-order chi connectivity index (χ0) is 15.5. The van der Waals surface area contributed by atoms with E-state index in [9.17, 15) is 0 Å². The summed E-state index contributed by atoms with van der Waals surface area (Å²) in [6.07, 6.45) is 5.58. The smallest absolute Gasteiger partial charge is 0.0775 e. The van der Waals surface area contributed by atoms with Crippen molar-refractivity contribution < 1.29 is 0 Å². The van der Waals surface area contributed by atoms with Crippen molar-refractivity contribution in [2.75, 3.05) is 0 Å². The van der Waals surface area contributed by atoms with E-state index in [1.165, 1.54) is 31.2 Å². The van der Waals surface area contributed by atoms with Gasteiger partial charge in [0.05, 0.1) is 8.07 Å². The summed E-state index contributed by atoms with van der Waals surface area (Å²) in [5.41, 5.74) is 1.44. The Morgan fingerprint density at radius 1 is 1.05 bits per heavy atom. The van der Waals surface area contributed by atoms with Gasteiger partial charge in [0.25, 0.3) is 0 Å². The van der Waals surface area contributed by atoms with E-state index in [1.54, 1.807) is 5.19 Å². The van der Waals surface area contributed by atoms with Crippen LogP contribution in [-0.4, -0.2) is 14.1 Å². The van der Waals surface area contributed by atoms with Crippen LogP contribution >= 0.6 is 0 Å². The lowest BCUT2D eigenvalue weighted by Crippen LogP contribution is -2.40. The first kappa shape index (κ1) is 16.8. The molecule has 1 aliphatic carbocycles. The minimum atomic E-state index is -1.16. The van der Waals surface area contributed by atoms with Gasteiger partial charge < -0.3 is 5.32 Å². The topological polar surface area (TPSA) is 12.0 Å². The van der Waals surface area contributed by atoms with Crippen LogP contribution in [0.25, 0.3) is 0 Å². The molecule has 0 spiro atoms. The van der Waals surface area contributed by atoms with Gasteiger partial charge in [-0.3, -0.25) is 0 Å².